The fourth-order valence-corrected chi connectivity index (χ4v) is 6.39. The summed E-state index contributed by atoms with van der Waals surface area (Å²) >= 11 is 6.41. The van der Waals surface area contributed by atoms with Crippen molar-refractivity contribution in [2.75, 3.05) is 38.7 Å². The van der Waals surface area contributed by atoms with Crippen LogP contribution in [0.5, 0.6) is 0 Å². The summed E-state index contributed by atoms with van der Waals surface area (Å²) in [5, 5.41) is 3.60. The lowest BCUT2D eigenvalue weighted by molar-refractivity contribution is -0.154. The second-order valence-electron chi connectivity index (χ2n) is 11.6. The van der Waals surface area contributed by atoms with Crippen LogP contribution in [-0.4, -0.2) is 72.9 Å². The Morgan fingerprint density at radius 2 is 1.82 bits per heavy atom. The number of hydrogen-bond donors (Lipinski definition) is 1. The average Bonchev–Trinajstić information content (AvgIpc) is 3.68. The van der Waals surface area contributed by atoms with Gasteiger partial charge in [0.15, 0.2) is 5.78 Å². The summed E-state index contributed by atoms with van der Waals surface area (Å²) in [7, 11) is 3.26. The largest absolute Gasteiger partial charge is 0.469 e. The molecule has 11 heteroatoms. The Morgan fingerprint density at radius 3 is 2.55 bits per heavy atom. The number of nitrogens with zero attached hydrogens (tertiary/aromatic N) is 2. The van der Waals surface area contributed by atoms with Gasteiger partial charge >= 0.3 is 5.97 Å². The van der Waals surface area contributed by atoms with Crippen LogP contribution in [0.15, 0.2) is 42.6 Å². The second-order valence-corrected chi connectivity index (χ2v) is 12.0. The van der Waals surface area contributed by atoms with E-state index in [4.69, 9.17) is 25.8 Å². The van der Waals surface area contributed by atoms with E-state index in [2.05, 4.69) is 10.2 Å². The number of benzene rings is 2. The number of ether oxygens (including phenoxy) is 3. The summed E-state index contributed by atoms with van der Waals surface area (Å²) in [6.45, 7) is 1.81. The van der Waals surface area contributed by atoms with Gasteiger partial charge in [-0.3, -0.25) is 19.3 Å². The van der Waals surface area contributed by atoms with Gasteiger partial charge in [0.25, 0.3) is 5.91 Å². The van der Waals surface area contributed by atoms with Gasteiger partial charge in [-0.15, -0.1) is 0 Å². The first-order valence-electron chi connectivity index (χ1n) is 15.1. The smallest absolute Gasteiger partial charge is 0.308 e. The molecule has 1 atom stereocenters. The Balaban J connectivity index is 1.14. The summed E-state index contributed by atoms with van der Waals surface area (Å²) in [4.78, 5) is 39.9. The summed E-state index contributed by atoms with van der Waals surface area (Å²) < 4.78 is 34.0. The van der Waals surface area contributed by atoms with Crippen LogP contribution in [-0.2, 0) is 37.3 Å². The quantitative estimate of drug-likeness (QED) is 0.264. The number of para-hydroxylation sites is 1. The topological polar surface area (TPSA) is 99.1 Å². The Hall–Kier alpha value is -3.31. The number of fused-ring (bicyclic) bond motifs is 1. The molecule has 1 aromatic heterocycles. The van der Waals surface area contributed by atoms with Gasteiger partial charge in [-0.1, -0.05) is 29.8 Å². The maximum atomic E-state index is 15.1. The number of ketones is 1. The van der Waals surface area contributed by atoms with E-state index in [1.165, 1.54) is 13.2 Å². The fourth-order valence-electron chi connectivity index (χ4n) is 6.15. The summed E-state index contributed by atoms with van der Waals surface area (Å²) in [6, 6.07) is 10.0. The number of likely N-dealkylation sites (tertiary alicyclic amines) is 1. The van der Waals surface area contributed by atoms with E-state index in [1.54, 1.807) is 6.20 Å². The predicted molar refractivity (Wildman–Crippen MR) is 165 cm³/mol. The number of rotatable bonds is 12. The molecule has 1 amide bonds. The molecule has 2 fully saturated rings. The zero-order chi connectivity index (χ0) is 31.2. The highest BCUT2D eigenvalue weighted by Gasteiger charge is 2.31. The first-order valence-corrected chi connectivity index (χ1v) is 15.5. The molecule has 5 rings (SSSR count). The van der Waals surface area contributed by atoms with Crippen LogP contribution in [0, 0.1) is 11.7 Å². The molecular formula is C33H39ClFN3O6. The van der Waals surface area contributed by atoms with Gasteiger partial charge in [-0.25, -0.2) is 4.39 Å². The third-order valence-corrected chi connectivity index (χ3v) is 8.86. The van der Waals surface area contributed by atoms with Crippen molar-refractivity contribution in [2.45, 2.75) is 57.3 Å². The van der Waals surface area contributed by atoms with Crippen molar-refractivity contribution in [3.05, 3.63) is 64.6 Å². The predicted octanol–water partition coefficient (Wildman–Crippen LogP) is 5.52. The first kappa shape index (κ1) is 32.1. The molecule has 2 heterocycles. The van der Waals surface area contributed by atoms with Crippen molar-refractivity contribution >= 4 is 45.9 Å². The van der Waals surface area contributed by atoms with Crippen LogP contribution in [0.1, 0.15) is 54.4 Å². The molecule has 1 N–H and O–H groups in total. The molecule has 1 aliphatic heterocycles. The van der Waals surface area contributed by atoms with Crippen molar-refractivity contribution < 1.29 is 33.0 Å². The van der Waals surface area contributed by atoms with E-state index in [0.29, 0.717) is 5.56 Å². The lowest BCUT2D eigenvalue weighted by Gasteiger charge is -2.34. The molecule has 1 unspecified atom stereocenters. The lowest BCUT2D eigenvalue weighted by atomic mass is 9.87. The Morgan fingerprint density at radius 1 is 1.09 bits per heavy atom. The van der Waals surface area contributed by atoms with Gasteiger partial charge in [-0.05, 0) is 62.3 Å². The molecule has 1 saturated carbocycles. The number of nitrogens with one attached hydrogen (secondary N) is 1. The highest BCUT2D eigenvalue weighted by molar-refractivity contribution is 6.34. The van der Waals surface area contributed by atoms with Gasteiger partial charge in [0.1, 0.15) is 18.7 Å². The average molecular weight is 628 g/mol. The number of hydrogen-bond acceptors (Lipinski definition) is 7. The van der Waals surface area contributed by atoms with Crippen LogP contribution in [0.3, 0.4) is 0 Å². The van der Waals surface area contributed by atoms with Crippen molar-refractivity contribution in [3.63, 3.8) is 0 Å². The molecule has 0 spiro atoms. The van der Waals surface area contributed by atoms with Crippen molar-refractivity contribution in [1.29, 1.82) is 0 Å². The number of carbonyl (C=O) groups is 3. The molecule has 1 saturated heterocycles. The van der Waals surface area contributed by atoms with Gasteiger partial charge in [0.05, 0.1) is 42.0 Å². The molecule has 0 radical (unpaired) electrons. The van der Waals surface area contributed by atoms with Gasteiger partial charge < -0.3 is 24.1 Å². The van der Waals surface area contributed by atoms with Crippen LogP contribution in [0.25, 0.3) is 10.9 Å². The molecule has 2 aliphatic rings. The Kier molecular flexibility index (Phi) is 10.7. The normalized spacial score (nSPS) is 19.6. The Labute approximate surface area is 261 Å². The third kappa shape index (κ3) is 7.66. The molecule has 1 aliphatic carbocycles. The molecule has 236 valence electrons. The summed E-state index contributed by atoms with van der Waals surface area (Å²) in [5.74, 6) is -1.60. The number of esters is 1. The number of anilines is 1. The van der Waals surface area contributed by atoms with E-state index >= 15 is 4.39 Å². The van der Waals surface area contributed by atoms with Crippen molar-refractivity contribution in [1.82, 2.24) is 9.47 Å². The van der Waals surface area contributed by atoms with Crippen LogP contribution in [0.4, 0.5) is 10.1 Å². The molecule has 0 bridgehead atoms. The molecule has 9 nitrogen and oxygen atoms in total. The van der Waals surface area contributed by atoms with E-state index < -0.39 is 11.7 Å². The summed E-state index contributed by atoms with van der Waals surface area (Å²) in [5.41, 5.74) is 1.59. The van der Waals surface area contributed by atoms with E-state index in [9.17, 15) is 14.4 Å². The van der Waals surface area contributed by atoms with E-state index in [-0.39, 0.29) is 65.9 Å². The van der Waals surface area contributed by atoms with Crippen LogP contribution in [0.2, 0.25) is 5.02 Å². The van der Waals surface area contributed by atoms with Crippen LogP contribution < -0.4 is 5.32 Å². The zero-order valence-electron chi connectivity index (χ0n) is 25.2. The van der Waals surface area contributed by atoms with Gasteiger partial charge in [0.2, 0.25) is 0 Å². The fraction of sp³-hybridized carbons (Fsp3) is 0.485. The third-order valence-electron chi connectivity index (χ3n) is 8.54. The second kappa shape index (κ2) is 14.6. The SMILES string of the molecule is COC(=O)[C@H]1CC[C@H](OC(COCC(=O)Cc2cc(Cl)c(NC(=O)c3cn(C)c4ccccc34)cc2F)N2CCCC2)CC1. The standard InChI is InChI=1S/C33H39ClFN3O6/c1-37-18-26(25-7-3-4-8-30(25)37)32(40)36-29-17-28(35)22(16-27(29)34)15-23(39)19-43-20-31(38-13-5-6-14-38)44-24-11-9-21(10-12-24)33(41)42-2/h3-4,7-8,16-18,21,24,31H,5-6,9-15,19-20H2,1-2H3,(H,36,40)/t21-,24-,31?. The number of aryl methyl sites for hydroxylation is 1. The Bertz CT molecular complexity index is 1500. The van der Waals surface area contributed by atoms with E-state index in [0.717, 1.165) is 68.6 Å². The monoisotopic (exact) mass is 627 g/mol. The van der Waals surface area contributed by atoms with Crippen molar-refractivity contribution in [2.24, 2.45) is 13.0 Å². The molecule has 44 heavy (non-hydrogen) atoms. The number of halogens is 2. The van der Waals surface area contributed by atoms with Crippen molar-refractivity contribution in [3.8, 4) is 0 Å². The highest BCUT2D eigenvalue weighted by atomic mass is 35.5. The number of carbonyl (C=O) groups excluding carboxylic acids is 3. The minimum absolute atomic E-state index is 0.0108. The maximum absolute atomic E-state index is 15.1. The first-order chi connectivity index (χ1) is 21.2. The lowest BCUT2D eigenvalue weighted by Crippen LogP contribution is -2.42. The molecule has 2 aromatic carbocycles. The minimum atomic E-state index is -0.642. The van der Waals surface area contributed by atoms with E-state index in [1.807, 2.05) is 35.9 Å². The number of Topliss-reactive ketones (excluding diaryl/α,β-unsaturated/α-hetero) is 1. The zero-order valence-corrected chi connectivity index (χ0v) is 25.9. The van der Waals surface area contributed by atoms with Gasteiger partial charge in [0, 0.05) is 43.7 Å². The van der Waals surface area contributed by atoms with Crippen LogP contribution >= 0.6 is 11.6 Å². The maximum Gasteiger partial charge on any atom is 0.308 e. The molecular weight excluding hydrogens is 589 g/mol. The highest BCUT2D eigenvalue weighted by Crippen LogP contribution is 2.30. The van der Waals surface area contributed by atoms with Gasteiger partial charge in [-0.2, -0.15) is 0 Å². The molecule has 3 aromatic rings. The number of aromatic nitrogens is 1. The minimum Gasteiger partial charge on any atom is -0.469 e. The number of amides is 1. The summed E-state index contributed by atoms with van der Waals surface area (Å²) in [6.07, 6.45) is 6.37. The number of methoxy groups -OCH3 is 1.